The molecule has 0 aliphatic heterocycles. The van der Waals surface area contributed by atoms with E-state index in [2.05, 4.69) is 5.32 Å². The lowest BCUT2D eigenvalue weighted by Gasteiger charge is -2.41. The Hall–Kier alpha value is -3.22. The number of hydrogen-bond donors (Lipinski definition) is 5. The number of carbonyl (C=O) groups excluding carboxylic acids is 1. The molecule has 12 nitrogen and oxygen atoms in total. The van der Waals surface area contributed by atoms with Gasteiger partial charge >= 0.3 is 23.9 Å². The molecule has 0 aliphatic rings. The molecule has 1 amide bonds. The third kappa shape index (κ3) is 9.04. The van der Waals surface area contributed by atoms with Gasteiger partial charge in [0.15, 0.2) is 5.66 Å². The minimum Gasteiger partial charge on any atom is -0.480 e. The summed E-state index contributed by atoms with van der Waals surface area (Å²) < 4.78 is 0. The molecule has 1 aromatic carbocycles. The zero-order valence-corrected chi connectivity index (χ0v) is 18.6. The highest BCUT2D eigenvalue weighted by atomic mass is 35.5. The number of rotatable bonds is 15. The number of halogens is 1. The van der Waals surface area contributed by atoms with Crippen LogP contribution < -0.4 is 5.32 Å². The molecule has 1 rings (SSSR count). The Bertz CT molecular complexity index is 850. The van der Waals surface area contributed by atoms with Crippen LogP contribution in [0.4, 0.5) is 0 Å². The van der Waals surface area contributed by atoms with Gasteiger partial charge in [-0.05, 0) is 12.5 Å². The topological polar surface area (TPSA) is 185 Å². The lowest BCUT2D eigenvalue weighted by atomic mass is 9.96. The van der Waals surface area contributed by atoms with E-state index in [9.17, 15) is 34.2 Å². The number of benzene rings is 1. The lowest BCUT2D eigenvalue weighted by Crippen LogP contribution is -2.69. The van der Waals surface area contributed by atoms with Crippen molar-refractivity contribution in [2.75, 3.05) is 32.7 Å². The Morgan fingerprint density at radius 3 is 1.85 bits per heavy atom. The Kier molecular flexibility index (Phi) is 10.7. The quantitative estimate of drug-likeness (QED) is 0.160. The van der Waals surface area contributed by atoms with Crippen LogP contribution in [0, 0.1) is 0 Å². The summed E-state index contributed by atoms with van der Waals surface area (Å²) in [5, 5.41) is 38.8. The molecule has 2 unspecified atom stereocenters. The van der Waals surface area contributed by atoms with Crippen molar-refractivity contribution in [1.82, 2.24) is 15.1 Å². The van der Waals surface area contributed by atoms with Gasteiger partial charge in [-0.25, -0.2) is 4.79 Å². The van der Waals surface area contributed by atoms with E-state index in [0.29, 0.717) is 5.56 Å². The monoisotopic (exact) mass is 487 g/mol. The lowest BCUT2D eigenvalue weighted by molar-refractivity contribution is -0.161. The number of aliphatic carboxylic acids is 4. The van der Waals surface area contributed by atoms with Crippen LogP contribution in [0.25, 0.3) is 0 Å². The van der Waals surface area contributed by atoms with E-state index in [1.54, 1.807) is 30.3 Å². The summed E-state index contributed by atoms with van der Waals surface area (Å²) in [6, 6.07) is 8.14. The zero-order valence-electron chi connectivity index (χ0n) is 17.8. The number of hydrogen-bond acceptors (Lipinski definition) is 7. The summed E-state index contributed by atoms with van der Waals surface area (Å²) in [7, 11) is 0. The Labute approximate surface area is 194 Å². The van der Waals surface area contributed by atoms with E-state index in [1.807, 2.05) is 0 Å². The van der Waals surface area contributed by atoms with Crippen molar-refractivity contribution in [2.24, 2.45) is 0 Å². The van der Waals surface area contributed by atoms with E-state index in [1.165, 1.54) is 6.92 Å². The number of carboxylic acid groups (broad SMARTS) is 4. The maximum Gasteiger partial charge on any atom is 0.345 e. The smallest absolute Gasteiger partial charge is 0.345 e. The molecule has 0 aromatic heterocycles. The highest BCUT2D eigenvalue weighted by molar-refractivity contribution is 6.30. The van der Waals surface area contributed by atoms with E-state index in [-0.39, 0.29) is 19.5 Å². The van der Waals surface area contributed by atoms with Crippen LogP contribution in [0.3, 0.4) is 0 Å². The molecule has 0 fully saturated rings. The second-order valence-electron chi connectivity index (χ2n) is 7.25. The number of nitrogens with zero attached hydrogens (tertiary/aromatic N) is 2. The van der Waals surface area contributed by atoms with Gasteiger partial charge in [-0.15, -0.1) is 11.6 Å². The normalized spacial score (nSPS) is 13.8. The summed E-state index contributed by atoms with van der Waals surface area (Å²) >= 11 is 5.82. The van der Waals surface area contributed by atoms with Gasteiger partial charge in [-0.3, -0.25) is 29.0 Å². The summed E-state index contributed by atoms with van der Waals surface area (Å²) in [4.78, 5) is 60.6. The molecule has 0 aliphatic carbocycles. The first-order valence-corrected chi connectivity index (χ1v) is 10.2. The molecule has 13 heteroatoms. The Morgan fingerprint density at radius 2 is 1.42 bits per heavy atom. The summed E-state index contributed by atoms with van der Waals surface area (Å²) in [5.74, 6) is -6.48. The molecule has 0 saturated carbocycles. The minimum absolute atomic E-state index is 0.304. The van der Waals surface area contributed by atoms with Crippen molar-refractivity contribution in [2.45, 2.75) is 24.4 Å². The summed E-state index contributed by atoms with van der Waals surface area (Å²) in [6.45, 7) is -1.56. The van der Waals surface area contributed by atoms with Crippen molar-refractivity contribution in [3.8, 4) is 0 Å². The van der Waals surface area contributed by atoms with E-state index < -0.39 is 60.5 Å². The van der Waals surface area contributed by atoms with Gasteiger partial charge in [0.25, 0.3) is 0 Å². The van der Waals surface area contributed by atoms with Gasteiger partial charge < -0.3 is 25.7 Å². The van der Waals surface area contributed by atoms with Crippen molar-refractivity contribution in [1.29, 1.82) is 0 Å². The highest BCUT2D eigenvalue weighted by Gasteiger charge is 2.47. The summed E-state index contributed by atoms with van der Waals surface area (Å²) in [5.41, 5.74) is -1.80. The SMILES string of the molecule is CC(Cl)C(=O)NC(Cc1ccccc1)(C(=O)O)N(CCN(CC(=O)O)CC(=O)O)CC(=O)O. The van der Waals surface area contributed by atoms with Gasteiger partial charge in [-0.1, -0.05) is 30.3 Å². The molecule has 0 radical (unpaired) electrons. The maximum atomic E-state index is 12.5. The number of carbonyl (C=O) groups is 5. The van der Waals surface area contributed by atoms with E-state index >= 15 is 0 Å². The summed E-state index contributed by atoms with van der Waals surface area (Å²) in [6.07, 6.45) is -0.344. The number of carboxylic acids is 4. The average molecular weight is 488 g/mol. The molecule has 0 saturated heterocycles. The van der Waals surface area contributed by atoms with Gasteiger partial charge in [0, 0.05) is 19.5 Å². The number of amides is 1. The third-order valence-electron chi connectivity index (χ3n) is 4.62. The average Bonchev–Trinajstić information content (AvgIpc) is 2.69. The molecule has 2 atom stereocenters. The number of alkyl halides is 1. The van der Waals surface area contributed by atoms with Crippen LogP contribution in [0.15, 0.2) is 30.3 Å². The predicted molar refractivity (Wildman–Crippen MR) is 115 cm³/mol. The third-order valence-corrected chi connectivity index (χ3v) is 4.82. The molecule has 0 bridgehead atoms. The first-order chi connectivity index (χ1) is 15.4. The molecule has 0 spiro atoms. The molecule has 1 aromatic rings. The fourth-order valence-corrected chi connectivity index (χ4v) is 3.18. The first-order valence-electron chi connectivity index (χ1n) is 9.73. The Morgan fingerprint density at radius 1 is 0.909 bits per heavy atom. The van der Waals surface area contributed by atoms with Crippen LogP contribution >= 0.6 is 11.6 Å². The minimum atomic E-state index is -2.27. The standard InChI is InChI=1S/C20H26ClN3O9/c1-13(21)18(31)22-20(19(32)33,9-14-5-3-2-4-6-14)24(12-17(29)30)8-7-23(10-15(25)26)11-16(27)28/h2-6,13H,7-12H2,1H3,(H,22,31)(H,25,26)(H,27,28)(H,29,30)(H,32,33). The van der Waals surface area contributed by atoms with Crippen molar-refractivity contribution in [3.63, 3.8) is 0 Å². The van der Waals surface area contributed by atoms with Gasteiger partial charge in [-0.2, -0.15) is 0 Å². The largest absolute Gasteiger partial charge is 0.480 e. The predicted octanol–water partition coefficient (Wildman–Crippen LogP) is -0.389. The first kappa shape index (κ1) is 27.8. The second kappa shape index (κ2) is 12.7. The molecular formula is C20H26ClN3O9. The van der Waals surface area contributed by atoms with Crippen LogP contribution in [-0.2, 0) is 30.4 Å². The second-order valence-corrected chi connectivity index (χ2v) is 7.90. The Balaban J connectivity index is 3.43. The molecule has 0 heterocycles. The van der Waals surface area contributed by atoms with Crippen LogP contribution in [0.1, 0.15) is 12.5 Å². The zero-order chi connectivity index (χ0) is 25.2. The number of nitrogens with one attached hydrogen (secondary N) is 1. The van der Waals surface area contributed by atoms with Crippen molar-refractivity contribution in [3.05, 3.63) is 35.9 Å². The van der Waals surface area contributed by atoms with Crippen LogP contribution in [0.2, 0.25) is 0 Å². The van der Waals surface area contributed by atoms with Gasteiger partial charge in [0.05, 0.1) is 19.6 Å². The molecule has 182 valence electrons. The van der Waals surface area contributed by atoms with Gasteiger partial charge in [0.1, 0.15) is 5.38 Å². The van der Waals surface area contributed by atoms with Crippen LogP contribution in [-0.4, -0.2) is 104 Å². The molecular weight excluding hydrogens is 462 g/mol. The highest BCUT2D eigenvalue weighted by Crippen LogP contribution is 2.21. The van der Waals surface area contributed by atoms with Crippen LogP contribution in [0.5, 0.6) is 0 Å². The van der Waals surface area contributed by atoms with Crippen molar-refractivity contribution < 1.29 is 44.4 Å². The molecule has 33 heavy (non-hydrogen) atoms. The fourth-order valence-electron chi connectivity index (χ4n) is 3.12. The van der Waals surface area contributed by atoms with Crippen molar-refractivity contribution >= 4 is 41.4 Å². The van der Waals surface area contributed by atoms with E-state index in [4.69, 9.17) is 21.8 Å². The molecule has 5 N–H and O–H groups in total. The fraction of sp³-hybridized carbons (Fsp3) is 0.450. The maximum absolute atomic E-state index is 12.5. The van der Waals surface area contributed by atoms with E-state index in [0.717, 1.165) is 9.80 Å². The van der Waals surface area contributed by atoms with Gasteiger partial charge in [0.2, 0.25) is 5.91 Å².